The number of nitrogens with one attached hydrogen (secondary N) is 1. The van der Waals surface area contributed by atoms with E-state index in [1.165, 1.54) is 0 Å². The Morgan fingerprint density at radius 1 is 1.07 bits per heavy atom. The lowest BCUT2D eigenvalue weighted by molar-refractivity contribution is 0.132. The quantitative estimate of drug-likeness (QED) is 0.371. The molecule has 0 unspecified atom stereocenters. The van der Waals surface area contributed by atoms with Crippen molar-refractivity contribution in [2.45, 2.75) is 0 Å². The number of hydrogen-bond acceptors (Lipinski definition) is 7. The van der Waals surface area contributed by atoms with Crippen LogP contribution in [0, 0.1) is 23.7 Å². The topological polar surface area (TPSA) is 98.8 Å². The first kappa shape index (κ1) is 20.9. The zero-order valence-electron chi connectivity index (χ0n) is 16.0. The molecule has 0 aliphatic carbocycles. The second-order valence-electron chi connectivity index (χ2n) is 5.65. The zero-order valence-corrected chi connectivity index (χ0v) is 16.0. The highest BCUT2D eigenvalue weighted by Gasteiger charge is 2.20. The fourth-order valence-electron chi connectivity index (χ4n) is 2.45. The van der Waals surface area contributed by atoms with Gasteiger partial charge in [0.05, 0.1) is 41.4 Å². The molecular weight excluding hydrogens is 358 g/mol. The Morgan fingerprint density at radius 2 is 1.75 bits per heavy atom. The number of nitrogen functional groups attached to an aromatic ring is 1. The third kappa shape index (κ3) is 5.08. The lowest BCUT2D eigenvalue weighted by atomic mass is 10.0. The van der Waals surface area contributed by atoms with Gasteiger partial charge >= 0.3 is 0 Å². The number of hydrogen-bond donors (Lipinski definition) is 2. The molecule has 0 fully saturated rings. The molecule has 3 N–H and O–H groups in total. The van der Waals surface area contributed by atoms with Gasteiger partial charge in [-0.15, -0.1) is 6.42 Å². The van der Waals surface area contributed by atoms with E-state index in [1.54, 1.807) is 32.4 Å². The van der Waals surface area contributed by atoms with Gasteiger partial charge in [-0.3, -0.25) is 0 Å². The van der Waals surface area contributed by atoms with E-state index < -0.39 is 0 Å². The first-order valence-electron chi connectivity index (χ1n) is 8.59. The van der Waals surface area contributed by atoms with Crippen molar-refractivity contribution in [2.24, 2.45) is 0 Å². The molecule has 0 aliphatic heterocycles. The summed E-state index contributed by atoms with van der Waals surface area (Å²) in [4.78, 5) is 0. The Kier molecular flexibility index (Phi) is 7.98. The number of methoxy groups -OCH3 is 2. The van der Waals surface area contributed by atoms with Crippen LogP contribution in [0.15, 0.2) is 30.3 Å². The minimum atomic E-state index is 0.268. The summed E-state index contributed by atoms with van der Waals surface area (Å²) in [6, 6.07) is 10.9. The number of nitriles is 1. The van der Waals surface area contributed by atoms with E-state index in [2.05, 4.69) is 17.3 Å². The van der Waals surface area contributed by atoms with Gasteiger partial charge in [-0.1, -0.05) is 18.1 Å². The maximum absolute atomic E-state index is 9.66. The minimum Gasteiger partial charge on any atom is -0.487 e. The highest BCUT2D eigenvalue weighted by Crippen LogP contribution is 2.40. The van der Waals surface area contributed by atoms with Gasteiger partial charge in [0.25, 0.3) is 0 Å². The average molecular weight is 381 g/mol. The highest BCUT2D eigenvalue weighted by atomic mass is 16.5. The molecular formula is C21H23N3O4. The van der Waals surface area contributed by atoms with Gasteiger partial charge in [-0.05, 0) is 12.1 Å². The fourth-order valence-corrected chi connectivity index (χ4v) is 2.45. The number of terminal acetylenes is 1. The molecule has 146 valence electrons. The first-order valence-corrected chi connectivity index (χ1v) is 8.59. The van der Waals surface area contributed by atoms with Crippen molar-refractivity contribution in [3.05, 3.63) is 41.5 Å². The van der Waals surface area contributed by atoms with Crippen molar-refractivity contribution in [3.8, 4) is 29.9 Å². The molecule has 0 saturated heterocycles. The molecule has 0 radical (unpaired) electrons. The number of ether oxygens (including phenoxy) is 4. The molecule has 0 amide bonds. The predicted molar refractivity (Wildman–Crippen MR) is 108 cm³/mol. The van der Waals surface area contributed by atoms with Crippen LogP contribution in [-0.2, 0) is 9.47 Å². The maximum atomic E-state index is 9.66. The number of nitrogens with two attached hydrogens (primary N) is 1. The van der Waals surface area contributed by atoms with Crippen molar-refractivity contribution < 1.29 is 18.9 Å². The Hall–Kier alpha value is -3.39. The predicted octanol–water partition coefficient (Wildman–Crippen LogP) is 2.92. The van der Waals surface area contributed by atoms with Gasteiger partial charge in [-0.25, -0.2) is 0 Å². The fraction of sp³-hybridized carbons (Fsp3) is 0.286. The van der Waals surface area contributed by atoms with Gasteiger partial charge < -0.3 is 30.0 Å². The molecule has 0 bridgehead atoms. The van der Waals surface area contributed by atoms with Gasteiger partial charge in [0.1, 0.15) is 19.3 Å². The molecule has 0 atom stereocenters. The molecule has 0 heterocycles. The number of nitrogens with zero attached hydrogens (tertiary/aromatic N) is 1. The van der Waals surface area contributed by atoms with E-state index in [1.807, 2.05) is 12.1 Å². The number of para-hydroxylation sites is 2. The normalized spacial score (nSPS) is 10.0. The molecule has 0 aromatic heterocycles. The Labute approximate surface area is 165 Å². The SMILES string of the molecule is C#Cc1c(Nc2ccccc2N)c(C#N)cc(OCCOC)c1OCCOC. The second-order valence-corrected chi connectivity index (χ2v) is 5.65. The molecule has 2 aromatic carbocycles. The van der Waals surface area contributed by atoms with E-state index in [0.29, 0.717) is 52.9 Å². The van der Waals surface area contributed by atoms with E-state index in [9.17, 15) is 5.26 Å². The highest BCUT2D eigenvalue weighted by molar-refractivity contribution is 5.82. The van der Waals surface area contributed by atoms with Crippen LogP contribution in [0.5, 0.6) is 11.5 Å². The van der Waals surface area contributed by atoms with Gasteiger partial charge in [0, 0.05) is 20.3 Å². The second kappa shape index (κ2) is 10.7. The summed E-state index contributed by atoms with van der Waals surface area (Å²) in [6.45, 7) is 1.30. The summed E-state index contributed by atoms with van der Waals surface area (Å²) < 4.78 is 21.6. The standard InChI is InChI=1S/C21H23N3O4/c1-4-16-20(24-18-8-6-5-7-17(18)23)15(14-22)13-19(27-11-9-25-2)21(16)28-12-10-26-3/h1,5-8,13,24H,9-12,23H2,2-3H3. The van der Waals surface area contributed by atoms with Gasteiger partial charge in [-0.2, -0.15) is 5.26 Å². The van der Waals surface area contributed by atoms with Crippen LogP contribution in [0.1, 0.15) is 11.1 Å². The largest absolute Gasteiger partial charge is 0.487 e. The van der Waals surface area contributed by atoms with Crippen LogP contribution in [0.25, 0.3) is 0 Å². The Bertz CT molecular complexity index is 884. The van der Waals surface area contributed by atoms with Gasteiger partial charge in [0.2, 0.25) is 0 Å². The van der Waals surface area contributed by atoms with Crippen molar-refractivity contribution in [1.29, 1.82) is 5.26 Å². The Balaban J connectivity index is 2.53. The third-order valence-corrected chi connectivity index (χ3v) is 3.81. The summed E-state index contributed by atoms with van der Waals surface area (Å²) in [5, 5.41) is 12.8. The zero-order chi connectivity index (χ0) is 20.4. The Morgan fingerprint density at radius 3 is 2.36 bits per heavy atom. The van der Waals surface area contributed by atoms with E-state index in [4.69, 9.17) is 31.1 Å². The molecule has 7 heteroatoms. The van der Waals surface area contributed by atoms with Crippen LogP contribution >= 0.6 is 0 Å². The van der Waals surface area contributed by atoms with Crippen LogP contribution in [-0.4, -0.2) is 40.6 Å². The number of anilines is 3. The molecule has 28 heavy (non-hydrogen) atoms. The average Bonchev–Trinajstić information content (AvgIpc) is 2.71. The van der Waals surface area contributed by atoms with Crippen LogP contribution < -0.4 is 20.5 Å². The number of benzene rings is 2. The van der Waals surface area contributed by atoms with E-state index in [-0.39, 0.29) is 13.2 Å². The summed E-state index contributed by atoms with van der Waals surface area (Å²) in [7, 11) is 3.15. The van der Waals surface area contributed by atoms with E-state index in [0.717, 1.165) is 0 Å². The smallest absolute Gasteiger partial charge is 0.179 e. The summed E-state index contributed by atoms with van der Waals surface area (Å²) in [5.41, 5.74) is 8.27. The lowest BCUT2D eigenvalue weighted by Gasteiger charge is -2.19. The first-order chi connectivity index (χ1) is 13.7. The molecule has 0 saturated carbocycles. The van der Waals surface area contributed by atoms with E-state index >= 15 is 0 Å². The lowest BCUT2D eigenvalue weighted by Crippen LogP contribution is -2.11. The molecule has 0 spiro atoms. The summed E-state index contributed by atoms with van der Waals surface area (Å²) in [5.74, 6) is 3.32. The maximum Gasteiger partial charge on any atom is 0.179 e. The molecule has 7 nitrogen and oxygen atoms in total. The van der Waals surface area contributed by atoms with Crippen molar-refractivity contribution in [3.63, 3.8) is 0 Å². The monoisotopic (exact) mass is 381 g/mol. The third-order valence-electron chi connectivity index (χ3n) is 3.81. The summed E-state index contributed by atoms with van der Waals surface area (Å²) in [6.07, 6.45) is 5.77. The minimum absolute atomic E-state index is 0.268. The molecule has 0 aliphatic rings. The summed E-state index contributed by atoms with van der Waals surface area (Å²) >= 11 is 0. The van der Waals surface area contributed by atoms with Crippen molar-refractivity contribution in [2.75, 3.05) is 51.7 Å². The van der Waals surface area contributed by atoms with Crippen molar-refractivity contribution >= 4 is 17.1 Å². The van der Waals surface area contributed by atoms with Crippen molar-refractivity contribution in [1.82, 2.24) is 0 Å². The van der Waals surface area contributed by atoms with Crippen LogP contribution in [0.3, 0.4) is 0 Å². The molecule has 2 rings (SSSR count). The van der Waals surface area contributed by atoms with Crippen LogP contribution in [0.2, 0.25) is 0 Å². The molecule has 2 aromatic rings. The van der Waals surface area contributed by atoms with Crippen LogP contribution in [0.4, 0.5) is 17.1 Å². The van der Waals surface area contributed by atoms with Gasteiger partial charge in [0.15, 0.2) is 11.5 Å². The number of rotatable bonds is 10.